The van der Waals surface area contributed by atoms with Crippen LogP contribution in [0.5, 0.6) is 0 Å². The summed E-state index contributed by atoms with van der Waals surface area (Å²) >= 11 is 0. The zero-order valence-corrected chi connectivity index (χ0v) is 14.8. The lowest BCUT2D eigenvalue weighted by atomic mass is 10.2. The monoisotopic (exact) mass is 351 g/mol. The number of pyridine rings is 1. The Morgan fingerprint density at radius 2 is 2.21 bits per heavy atom. The first-order valence-electron chi connectivity index (χ1n) is 7.71. The Kier molecular flexibility index (Phi) is 5.13. The van der Waals surface area contributed by atoms with Crippen LogP contribution >= 0.6 is 0 Å². The van der Waals surface area contributed by atoms with E-state index in [0.717, 1.165) is 6.42 Å². The average molecular weight is 351 g/mol. The number of aromatic nitrogens is 1. The highest BCUT2D eigenvalue weighted by atomic mass is 32.2. The van der Waals surface area contributed by atoms with Crippen LogP contribution in [0.3, 0.4) is 0 Å². The molecule has 0 aromatic carbocycles. The van der Waals surface area contributed by atoms with Crippen LogP contribution in [0.25, 0.3) is 0 Å². The Balaban J connectivity index is 2.16. The van der Waals surface area contributed by atoms with E-state index in [1.807, 2.05) is 6.07 Å². The molecule has 7 nitrogen and oxygen atoms in total. The van der Waals surface area contributed by atoms with Crippen LogP contribution in [0.15, 0.2) is 23.4 Å². The summed E-state index contributed by atoms with van der Waals surface area (Å²) in [6.45, 7) is 5.78. The van der Waals surface area contributed by atoms with Crippen molar-refractivity contribution in [3.8, 4) is 6.07 Å². The van der Waals surface area contributed by atoms with Gasteiger partial charge in [0.2, 0.25) is 0 Å². The molecule has 1 aliphatic rings. The fourth-order valence-electron chi connectivity index (χ4n) is 2.56. The maximum atomic E-state index is 12.6. The molecule has 1 saturated heterocycles. The second-order valence-electron chi connectivity index (χ2n) is 6.75. The number of hydrogen-bond donors (Lipinski definition) is 0. The molecule has 0 unspecified atom stereocenters. The van der Waals surface area contributed by atoms with Gasteiger partial charge in [0.25, 0.3) is 0 Å². The molecule has 24 heavy (non-hydrogen) atoms. The summed E-state index contributed by atoms with van der Waals surface area (Å²) in [5, 5.41) is 8.75. The van der Waals surface area contributed by atoms with Crippen LogP contribution in [-0.4, -0.2) is 48.3 Å². The molecule has 0 radical (unpaired) electrons. The number of carbonyl (C=O) groups excluding carboxylic acids is 1. The van der Waals surface area contributed by atoms with Crippen molar-refractivity contribution in [3.05, 3.63) is 23.9 Å². The zero-order chi connectivity index (χ0) is 18.0. The number of amides is 1. The molecule has 1 aromatic heterocycles. The van der Waals surface area contributed by atoms with Gasteiger partial charge >= 0.3 is 6.09 Å². The van der Waals surface area contributed by atoms with Gasteiger partial charge in [-0.1, -0.05) is 0 Å². The number of ether oxygens (including phenoxy) is 1. The predicted molar refractivity (Wildman–Crippen MR) is 87.0 cm³/mol. The Labute approximate surface area is 142 Å². The molecule has 1 fully saturated rings. The molecule has 0 saturated carbocycles. The van der Waals surface area contributed by atoms with Gasteiger partial charge in [-0.2, -0.15) is 5.26 Å². The van der Waals surface area contributed by atoms with Crippen molar-refractivity contribution in [1.82, 2.24) is 9.88 Å². The van der Waals surface area contributed by atoms with Crippen molar-refractivity contribution in [3.63, 3.8) is 0 Å². The van der Waals surface area contributed by atoms with Gasteiger partial charge in [0.15, 0.2) is 14.9 Å². The third-order valence-corrected chi connectivity index (χ3v) is 5.28. The van der Waals surface area contributed by atoms with Crippen molar-refractivity contribution in [2.24, 2.45) is 0 Å². The largest absolute Gasteiger partial charge is 0.444 e. The Bertz CT molecular complexity index is 762. The molecule has 1 aliphatic heterocycles. The number of carbonyl (C=O) groups is 1. The molecular weight excluding hydrogens is 330 g/mol. The molecule has 8 heteroatoms. The number of nitrogens with zero attached hydrogens (tertiary/aromatic N) is 3. The fourth-order valence-corrected chi connectivity index (χ4v) is 4.11. The van der Waals surface area contributed by atoms with Crippen LogP contribution in [0.2, 0.25) is 0 Å². The summed E-state index contributed by atoms with van der Waals surface area (Å²) in [5.41, 5.74) is -0.398. The van der Waals surface area contributed by atoms with E-state index in [1.54, 1.807) is 20.8 Å². The minimum atomic E-state index is -3.70. The fraction of sp³-hybridized carbons (Fsp3) is 0.562. The second kappa shape index (κ2) is 6.77. The molecule has 1 atom stereocenters. The standard InChI is InChI=1S/C16H21N3O4S/c1-16(2,3)23-15(20)19-8-4-5-13(19)11-24(21,22)14-9-12(10-17)6-7-18-14/h6-7,9,13H,4-5,8,11H2,1-3H3/t13-/m0/s1. The lowest BCUT2D eigenvalue weighted by Gasteiger charge is -2.28. The van der Waals surface area contributed by atoms with E-state index in [4.69, 9.17) is 10.00 Å². The summed E-state index contributed by atoms with van der Waals surface area (Å²) in [6, 6.07) is 4.15. The number of nitriles is 1. The minimum Gasteiger partial charge on any atom is -0.444 e. The normalized spacial score (nSPS) is 18.2. The van der Waals surface area contributed by atoms with Crippen molar-refractivity contribution in [2.45, 2.75) is 50.3 Å². The summed E-state index contributed by atoms with van der Waals surface area (Å²) < 4.78 is 30.5. The number of hydrogen-bond acceptors (Lipinski definition) is 6. The highest BCUT2D eigenvalue weighted by Gasteiger charge is 2.35. The molecule has 2 heterocycles. The minimum absolute atomic E-state index is 0.141. The summed E-state index contributed by atoms with van der Waals surface area (Å²) in [4.78, 5) is 17.6. The Hall–Kier alpha value is -2.14. The average Bonchev–Trinajstić information content (AvgIpc) is 2.93. The molecule has 0 N–H and O–H groups in total. The summed E-state index contributed by atoms with van der Waals surface area (Å²) in [5.74, 6) is -0.228. The topological polar surface area (TPSA) is 100 Å². The Morgan fingerprint density at radius 1 is 1.50 bits per heavy atom. The number of likely N-dealkylation sites (tertiary alicyclic amines) is 1. The van der Waals surface area contributed by atoms with E-state index in [1.165, 1.54) is 23.2 Å². The van der Waals surface area contributed by atoms with E-state index in [9.17, 15) is 13.2 Å². The molecule has 2 rings (SSSR count). The van der Waals surface area contributed by atoms with Crippen molar-refractivity contribution >= 4 is 15.9 Å². The number of sulfone groups is 1. The smallest absolute Gasteiger partial charge is 0.410 e. The first-order chi connectivity index (χ1) is 11.1. The summed E-state index contributed by atoms with van der Waals surface area (Å²) in [7, 11) is -3.70. The lowest BCUT2D eigenvalue weighted by molar-refractivity contribution is 0.0241. The summed E-state index contributed by atoms with van der Waals surface area (Å²) in [6.07, 6.45) is 2.12. The first-order valence-corrected chi connectivity index (χ1v) is 9.36. The van der Waals surface area contributed by atoms with Gasteiger partial charge in [-0.15, -0.1) is 0 Å². The molecule has 0 bridgehead atoms. The van der Waals surface area contributed by atoms with Gasteiger partial charge in [-0.3, -0.25) is 0 Å². The van der Waals surface area contributed by atoms with Crippen LogP contribution in [0, 0.1) is 11.3 Å². The number of rotatable bonds is 3. The molecule has 130 valence electrons. The maximum absolute atomic E-state index is 12.6. The highest BCUT2D eigenvalue weighted by molar-refractivity contribution is 7.91. The van der Waals surface area contributed by atoms with Crippen LogP contribution in [0.4, 0.5) is 4.79 Å². The van der Waals surface area contributed by atoms with E-state index in [2.05, 4.69) is 4.98 Å². The van der Waals surface area contributed by atoms with Gasteiger partial charge in [-0.05, 0) is 45.7 Å². The maximum Gasteiger partial charge on any atom is 0.410 e. The van der Waals surface area contributed by atoms with Gasteiger partial charge in [0.1, 0.15) is 5.60 Å². The van der Waals surface area contributed by atoms with E-state index >= 15 is 0 Å². The van der Waals surface area contributed by atoms with Crippen LogP contribution in [0.1, 0.15) is 39.2 Å². The molecule has 1 amide bonds. The van der Waals surface area contributed by atoms with E-state index in [0.29, 0.717) is 13.0 Å². The lowest BCUT2D eigenvalue weighted by Crippen LogP contribution is -2.42. The van der Waals surface area contributed by atoms with Gasteiger partial charge < -0.3 is 9.64 Å². The van der Waals surface area contributed by atoms with Crippen molar-refractivity contribution in [2.75, 3.05) is 12.3 Å². The van der Waals surface area contributed by atoms with Crippen LogP contribution < -0.4 is 0 Å². The highest BCUT2D eigenvalue weighted by Crippen LogP contribution is 2.24. The van der Waals surface area contributed by atoms with Crippen LogP contribution in [-0.2, 0) is 14.6 Å². The van der Waals surface area contributed by atoms with E-state index in [-0.39, 0.29) is 16.3 Å². The van der Waals surface area contributed by atoms with Gasteiger partial charge in [0, 0.05) is 18.8 Å². The molecule has 0 aliphatic carbocycles. The van der Waals surface area contributed by atoms with Crippen molar-refractivity contribution in [1.29, 1.82) is 5.26 Å². The first kappa shape index (κ1) is 18.2. The van der Waals surface area contributed by atoms with Gasteiger partial charge in [-0.25, -0.2) is 18.2 Å². The second-order valence-corrected chi connectivity index (χ2v) is 8.73. The van der Waals surface area contributed by atoms with E-state index < -0.39 is 27.6 Å². The molecule has 1 aromatic rings. The SMILES string of the molecule is CC(C)(C)OC(=O)N1CCC[C@H]1CS(=O)(=O)c1cc(C#N)ccn1. The quantitative estimate of drug-likeness (QED) is 0.827. The zero-order valence-electron chi connectivity index (χ0n) is 14.0. The Morgan fingerprint density at radius 3 is 2.83 bits per heavy atom. The predicted octanol–water partition coefficient (Wildman–Crippen LogP) is 2.13. The third-order valence-electron chi connectivity index (χ3n) is 3.60. The molecular formula is C16H21N3O4S. The van der Waals surface area contributed by atoms with Crippen molar-refractivity contribution < 1.29 is 17.9 Å². The molecule has 0 spiro atoms. The van der Waals surface area contributed by atoms with Gasteiger partial charge in [0.05, 0.1) is 17.4 Å². The third kappa shape index (κ3) is 4.45.